The summed E-state index contributed by atoms with van der Waals surface area (Å²) in [6, 6.07) is 30.4. The Morgan fingerprint density at radius 3 is 1.71 bits per heavy atom. The summed E-state index contributed by atoms with van der Waals surface area (Å²) in [7, 11) is -2.04. The molecule has 0 aliphatic carbocycles. The van der Waals surface area contributed by atoms with Crippen LogP contribution in [0.3, 0.4) is 0 Å². The number of hydrogen-bond acceptors (Lipinski definition) is 2. The van der Waals surface area contributed by atoms with Crippen molar-refractivity contribution in [1.29, 1.82) is 0 Å². The fourth-order valence-corrected chi connectivity index (χ4v) is 5.86. The third-order valence-electron chi connectivity index (χ3n) is 5.94. The van der Waals surface area contributed by atoms with Gasteiger partial charge >= 0.3 is 0 Å². The summed E-state index contributed by atoms with van der Waals surface area (Å²) >= 11 is 0. The summed E-state index contributed by atoms with van der Waals surface area (Å²) in [5.74, 6) is 0. The molecule has 31 heavy (non-hydrogen) atoms. The van der Waals surface area contributed by atoms with Crippen molar-refractivity contribution in [1.82, 2.24) is 0 Å². The minimum absolute atomic E-state index is 0.117. The first-order valence-corrected chi connectivity index (χ1v) is 14.2. The lowest BCUT2D eigenvalue weighted by Crippen LogP contribution is -2.49. The highest BCUT2D eigenvalue weighted by Gasteiger charge is 2.35. The van der Waals surface area contributed by atoms with Crippen molar-refractivity contribution in [3.8, 4) is 0 Å². The fourth-order valence-electron chi connectivity index (χ4n) is 4.06. The molecule has 3 heteroatoms. The van der Waals surface area contributed by atoms with E-state index in [0.717, 1.165) is 12.8 Å². The Kier molecular flexibility index (Phi) is 8.25. The SMILES string of the molecule is CCOCC(CO[Si](C)(C)c1ccc(C)cc1)(Cc1ccccc1)Cc1ccccc1. The normalized spacial score (nSPS) is 12.1. The molecule has 0 spiro atoms. The highest BCUT2D eigenvalue weighted by molar-refractivity contribution is 6.84. The quantitative estimate of drug-likeness (QED) is 0.350. The van der Waals surface area contributed by atoms with Crippen LogP contribution in [0.4, 0.5) is 0 Å². The van der Waals surface area contributed by atoms with Gasteiger partial charge in [0.15, 0.2) is 0 Å². The van der Waals surface area contributed by atoms with Gasteiger partial charge in [0.2, 0.25) is 8.32 Å². The van der Waals surface area contributed by atoms with Crippen LogP contribution in [0.2, 0.25) is 13.1 Å². The number of rotatable bonds is 11. The average molecular weight is 433 g/mol. The molecule has 0 fully saturated rings. The molecule has 0 heterocycles. The summed E-state index contributed by atoms with van der Waals surface area (Å²) in [4.78, 5) is 0. The number of ether oxygens (including phenoxy) is 1. The van der Waals surface area contributed by atoms with Gasteiger partial charge in [-0.05, 0) is 56.1 Å². The molecule has 0 unspecified atom stereocenters. The molecule has 0 radical (unpaired) electrons. The third kappa shape index (κ3) is 6.89. The van der Waals surface area contributed by atoms with Crippen LogP contribution in [0.1, 0.15) is 23.6 Å². The second-order valence-corrected chi connectivity index (χ2v) is 13.0. The maximum absolute atomic E-state index is 6.82. The first kappa shape index (κ1) is 23.5. The Morgan fingerprint density at radius 2 is 1.23 bits per heavy atom. The molecule has 3 aromatic carbocycles. The Bertz CT molecular complexity index is 863. The Balaban J connectivity index is 1.89. The smallest absolute Gasteiger partial charge is 0.218 e. The lowest BCUT2D eigenvalue weighted by molar-refractivity contribution is 0.0166. The number of benzene rings is 3. The van der Waals surface area contributed by atoms with Crippen LogP contribution in [-0.2, 0) is 22.0 Å². The zero-order valence-electron chi connectivity index (χ0n) is 19.4. The molecule has 3 rings (SSSR count). The van der Waals surface area contributed by atoms with Crippen LogP contribution in [0.25, 0.3) is 0 Å². The second-order valence-electron chi connectivity index (χ2n) is 9.13. The predicted octanol–water partition coefficient (Wildman–Crippen LogP) is 5.93. The van der Waals surface area contributed by atoms with Gasteiger partial charge in [0.05, 0.1) is 6.61 Å². The van der Waals surface area contributed by atoms with Crippen LogP contribution in [-0.4, -0.2) is 28.1 Å². The van der Waals surface area contributed by atoms with Crippen molar-refractivity contribution in [2.24, 2.45) is 5.41 Å². The molecule has 0 saturated heterocycles. The van der Waals surface area contributed by atoms with E-state index in [0.29, 0.717) is 19.8 Å². The monoisotopic (exact) mass is 432 g/mol. The van der Waals surface area contributed by atoms with Crippen molar-refractivity contribution in [3.05, 3.63) is 102 Å². The Labute approximate surface area is 189 Å². The van der Waals surface area contributed by atoms with Crippen molar-refractivity contribution in [2.75, 3.05) is 19.8 Å². The van der Waals surface area contributed by atoms with Gasteiger partial charge in [-0.3, -0.25) is 0 Å². The van der Waals surface area contributed by atoms with E-state index >= 15 is 0 Å². The molecule has 0 saturated carbocycles. The molecule has 0 amide bonds. The van der Waals surface area contributed by atoms with Crippen LogP contribution >= 0.6 is 0 Å². The topological polar surface area (TPSA) is 18.5 Å². The molecule has 0 atom stereocenters. The minimum atomic E-state index is -2.04. The van der Waals surface area contributed by atoms with Gasteiger partial charge in [0, 0.05) is 18.6 Å². The molecule has 164 valence electrons. The molecule has 0 aliphatic heterocycles. The van der Waals surface area contributed by atoms with Gasteiger partial charge in [0.1, 0.15) is 0 Å². The van der Waals surface area contributed by atoms with Gasteiger partial charge < -0.3 is 9.16 Å². The van der Waals surface area contributed by atoms with Crippen molar-refractivity contribution < 1.29 is 9.16 Å². The van der Waals surface area contributed by atoms with E-state index in [1.165, 1.54) is 21.9 Å². The van der Waals surface area contributed by atoms with Crippen molar-refractivity contribution in [3.63, 3.8) is 0 Å². The van der Waals surface area contributed by atoms with Crippen LogP contribution in [0.15, 0.2) is 84.9 Å². The van der Waals surface area contributed by atoms with Crippen molar-refractivity contribution in [2.45, 2.75) is 39.8 Å². The molecule has 0 N–H and O–H groups in total. The molecule has 2 nitrogen and oxygen atoms in total. The second kappa shape index (κ2) is 10.9. The summed E-state index contributed by atoms with van der Waals surface area (Å²) in [6.45, 7) is 10.9. The van der Waals surface area contributed by atoms with Crippen LogP contribution < -0.4 is 5.19 Å². The number of aryl methyl sites for hydroxylation is 1. The highest BCUT2D eigenvalue weighted by atomic mass is 28.4. The van der Waals surface area contributed by atoms with E-state index in [4.69, 9.17) is 9.16 Å². The predicted molar refractivity (Wildman–Crippen MR) is 133 cm³/mol. The highest BCUT2D eigenvalue weighted by Crippen LogP contribution is 2.31. The maximum atomic E-state index is 6.82. The summed E-state index contributed by atoms with van der Waals surface area (Å²) in [5, 5.41) is 1.34. The zero-order chi connectivity index (χ0) is 22.2. The first-order valence-electron chi connectivity index (χ1n) is 11.3. The van der Waals surface area contributed by atoms with E-state index in [9.17, 15) is 0 Å². The van der Waals surface area contributed by atoms with E-state index in [-0.39, 0.29) is 5.41 Å². The first-order chi connectivity index (χ1) is 14.9. The molecule has 0 aliphatic rings. The number of hydrogen-bond donors (Lipinski definition) is 0. The minimum Gasteiger partial charge on any atom is -0.412 e. The van der Waals surface area contributed by atoms with E-state index in [1.807, 2.05) is 0 Å². The van der Waals surface area contributed by atoms with Gasteiger partial charge in [-0.2, -0.15) is 0 Å². The molecular formula is C28H36O2Si. The summed E-state index contributed by atoms with van der Waals surface area (Å²) in [6.07, 6.45) is 1.86. The largest absolute Gasteiger partial charge is 0.412 e. The lowest BCUT2D eigenvalue weighted by Gasteiger charge is -2.37. The summed E-state index contributed by atoms with van der Waals surface area (Å²) < 4.78 is 12.9. The van der Waals surface area contributed by atoms with Gasteiger partial charge in [0.25, 0.3) is 0 Å². The Morgan fingerprint density at radius 1 is 0.710 bits per heavy atom. The molecule has 0 aromatic heterocycles. The Hall–Kier alpha value is -2.20. The van der Waals surface area contributed by atoms with Gasteiger partial charge in [-0.1, -0.05) is 90.5 Å². The van der Waals surface area contributed by atoms with Gasteiger partial charge in [-0.15, -0.1) is 0 Å². The van der Waals surface area contributed by atoms with Crippen molar-refractivity contribution >= 4 is 13.5 Å². The molecule has 3 aromatic rings. The standard InChI is InChI=1S/C28H36O2Si/c1-5-29-22-28(20-25-12-8-6-9-13-25,21-26-14-10-7-11-15-26)23-30-31(3,4)27-18-16-24(2)17-19-27/h6-19H,5,20-23H2,1-4H3. The molecule has 0 bridgehead atoms. The van der Waals surface area contributed by atoms with Crippen LogP contribution in [0, 0.1) is 12.3 Å². The van der Waals surface area contributed by atoms with E-state index in [1.54, 1.807) is 0 Å². The molecular weight excluding hydrogens is 396 g/mol. The lowest BCUT2D eigenvalue weighted by atomic mass is 9.78. The average Bonchev–Trinajstić information content (AvgIpc) is 2.78. The van der Waals surface area contributed by atoms with E-state index in [2.05, 4.69) is 112 Å². The maximum Gasteiger partial charge on any atom is 0.218 e. The fraction of sp³-hybridized carbons (Fsp3) is 0.357. The van der Waals surface area contributed by atoms with E-state index < -0.39 is 8.32 Å². The van der Waals surface area contributed by atoms with Crippen LogP contribution in [0.5, 0.6) is 0 Å². The van der Waals surface area contributed by atoms with Gasteiger partial charge in [-0.25, -0.2) is 0 Å². The third-order valence-corrected chi connectivity index (χ3v) is 8.53. The zero-order valence-corrected chi connectivity index (χ0v) is 20.4. The summed E-state index contributed by atoms with van der Waals surface area (Å²) in [5.41, 5.74) is 3.83.